The van der Waals surface area contributed by atoms with Crippen LogP contribution >= 0.6 is 12.4 Å². The van der Waals surface area contributed by atoms with E-state index in [-0.39, 0.29) is 12.4 Å². The van der Waals surface area contributed by atoms with Gasteiger partial charge < -0.3 is 10.1 Å². The molecule has 19 heavy (non-hydrogen) atoms. The summed E-state index contributed by atoms with van der Waals surface area (Å²) >= 11 is 0. The molecule has 0 unspecified atom stereocenters. The van der Waals surface area contributed by atoms with Crippen LogP contribution in [0.3, 0.4) is 0 Å². The molecule has 100 valence electrons. The highest BCUT2D eigenvalue weighted by Gasteiger charge is 2.16. The van der Waals surface area contributed by atoms with Gasteiger partial charge in [-0.2, -0.15) is 0 Å². The molecule has 0 spiro atoms. The zero-order chi connectivity index (χ0) is 12.2. The second-order valence-corrected chi connectivity index (χ2v) is 4.64. The molecule has 0 amide bonds. The first kappa shape index (κ1) is 13.9. The summed E-state index contributed by atoms with van der Waals surface area (Å²) in [4.78, 5) is 0. The molecule has 1 fully saturated rings. The Bertz CT molecular complexity index is 509. The number of rotatable bonds is 3. The number of nitrogens with one attached hydrogen (secondary N) is 1. The van der Waals surface area contributed by atoms with E-state index in [1.807, 2.05) is 36.4 Å². The first-order chi connectivity index (χ1) is 8.92. The zero-order valence-electron chi connectivity index (χ0n) is 10.7. The van der Waals surface area contributed by atoms with Crippen molar-refractivity contribution in [3.8, 4) is 11.5 Å². The van der Waals surface area contributed by atoms with Gasteiger partial charge in [0.1, 0.15) is 11.5 Å². The molecule has 1 aliphatic heterocycles. The number of hydrogen-bond acceptors (Lipinski definition) is 2. The predicted molar refractivity (Wildman–Crippen MR) is 80.2 cm³/mol. The van der Waals surface area contributed by atoms with Crippen molar-refractivity contribution >= 4 is 12.4 Å². The molecular formula is C16H18ClNO. The Hall–Kier alpha value is -1.51. The summed E-state index contributed by atoms with van der Waals surface area (Å²) in [6, 6.07) is 18.8. The first-order valence-corrected chi connectivity index (χ1v) is 6.48. The molecular weight excluding hydrogens is 258 g/mol. The van der Waals surface area contributed by atoms with Crippen LogP contribution in [0, 0.1) is 0 Å². The monoisotopic (exact) mass is 275 g/mol. The predicted octanol–water partition coefficient (Wildman–Crippen LogP) is 4.33. The van der Waals surface area contributed by atoms with Crippen molar-refractivity contribution in [2.75, 3.05) is 6.54 Å². The van der Waals surface area contributed by atoms with E-state index in [1.165, 1.54) is 18.4 Å². The molecule has 3 rings (SSSR count). The van der Waals surface area contributed by atoms with Crippen LogP contribution in [-0.2, 0) is 0 Å². The highest BCUT2D eigenvalue weighted by atomic mass is 35.5. The first-order valence-electron chi connectivity index (χ1n) is 6.48. The van der Waals surface area contributed by atoms with E-state index in [4.69, 9.17) is 4.74 Å². The van der Waals surface area contributed by atoms with E-state index in [1.54, 1.807) is 0 Å². The van der Waals surface area contributed by atoms with Crippen LogP contribution in [0.1, 0.15) is 24.4 Å². The van der Waals surface area contributed by atoms with Gasteiger partial charge in [0.05, 0.1) is 0 Å². The number of halogens is 1. The van der Waals surface area contributed by atoms with E-state index in [2.05, 4.69) is 23.5 Å². The summed E-state index contributed by atoms with van der Waals surface area (Å²) < 4.78 is 5.85. The van der Waals surface area contributed by atoms with Crippen molar-refractivity contribution in [3.05, 3.63) is 60.2 Å². The van der Waals surface area contributed by atoms with E-state index in [0.29, 0.717) is 6.04 Å². The van der Waals surface area contributed by atoms with Gasteiger partial charge in [-0.15, -0.1) is 12.4 Å². The molecule has 1 N–H and O–H groups in total. The Balaban J connectivity index is 0.00000133. The van der Waals surface area contributed by atoms with Gasteiger partial charge in [0.2, 0.25) is 0 Å². The Labute approximate surface area is 120 Å². The lowest BCUT2D eigenvalue weighted by atomic mass is 10.1. The standard InChI is InChI=1S/C16H17NO.ClH/c1-2-7-14(8-3-1)18-15-9-4-6-13(12-15)16-10-5-11-17-16;/h1-4,6-9,12,16-17H,5,10-11H2;1H/t16-;/m1./s1. The van der Waals surface area contributed by atoms with E-state index < -0.39 is 0 Å². The molecule has 1 saturated heterocycles. The van der Waals surface area contributed by atoms with Crippen LogP contribution in [0.4, 0.5) is 0 Å². The van der Waals surface area contributed by atoms with Crippen LogP contribution in [0.25, 0.3) is 0 Å². The summed E-state index contributed by atoms with van der Waals surface area (Å²) in [5, 5.41) is 3.51. The summed E-state index contributed by atoms with van der Waals surface area (Å²) in [7, 11) is 0. The summed E-state index contributed by atoms with van der Waals surface area (Å²) in [5.74, 6) is 1.79. The lowest BCUT2D eigenvalue weighted by Gasteiger charge is -2.12. The van der Waals surface area contributed by atoms with E-state index in [0.717, 1.165) is 18.0 Å². The van der Waals surface area contributed by atoms with Crippen molar-refractivity contribution in [2.24, 2.45) is 0 Å². The van der Waals surface area contributed by atoms with Crippen molar-refractivity contribution in [2.45, 2.75) is 18.9 Å². The lowest BCUT2D eigenvalue weighted by Crippen LogP contribution is -2.12. The third kappa shape index (κ3) is 3.49. The van der Waals surface area contributed by atoms with Crippen LogP contribution in [0.15, 0.2) is 54.6 Å². The largest absolute Gasteiger partial charge is 0.457 e. The van der Waals surface area contributed by atoms with Crippen LogP contribution in [0.2, 0.25) is 0 Å². The Kier molecular flexibility index (Phi) is 4.83. The minimum atomic E-state index is 0. The van der Waals surface area contributed by atoms with Gasteiger partial charge in [-0.1, -0.05) is 30.3 Å². The minimum Gasteiger partial charge on any atom is -0.457 e. The minimum absolute atomic E-state index is 0. The van der Waals surface area contributed by atoms with Gasteiger partial charge >= 0.3 is 0 Å². The van der Waals surface area contributed by atoms with Crippen LogP contribution in [0.5, 0.6) is 11.5 Å². The second kappa shape index (κ2) is 6.60. The molecule has 2 nitrogen and oxygen atoms in total. The fourth-order valence-electron chi connectivity index (χ4n) is 2.39. The van der Waals surface area contributed by atoms with E-state index >= 15 is 0 Å². The average molecular weight is 276 g/mol. The van der Waals surface area contributed by atoms with Gasteiger partial charge in [0.25, 0.3) is 0 Å². The normalized spacial score (nSPS) is 17.8. The number of ether oxygens (including phenoxy) is 1. The third-order valence-electron chi connectivity index (χ3n) is 3.30. The molecule has 0 aliphatic carbocycles. The van der Waals surface area contributed by atoms with Gasteiger partial charge in [-0.3, -0.25) is 0 Å². The maximum Gasteiger partial charge on any atom is 0.127 e. The molecule has 1 atom stereocenters. The summed E-state index contributed by atoms with van der Waals surface area (Å²) in [6.07, 6.45) is 2.48. The molecule has 0 bridgehead atoms. The van der Waals surface area contributed by atoms with Crippen molar-refractivity contribution in [3.63, 3.8) is 0 Å². The van der Waals surface area contributed by atoms with Crippen molar-refractivity contribution < 1.29 is 4.74 Å². The molecule has 2 aromatic rings. The quantitative estimate of drug-likeness (QED) is 0.900. The van der Waals surface area contributed by atoms with Crippen molar-refractivity contribution in [1.82, 2.24) is 5.32 Å². The van der Waals surface area contributed by atoms with Gasteiger partial charge in [-0.25, -0.2) is 0 Å². The number of para-hydroxylation sites is 1. The number of benzene rings is 2. The maximum absolute atomic E-state index is 5.85. The van der Waals surface area contributed by atoms with Crippen LogP contribution in [-0.4, -0.2) is 6.54 Å². The van der Waals surface area contributed by atoms with Crippen LogP contribution < -0.4 is 10.1 Å². The Morgan fingerprint density at radius 3 is 2.47 bits per heavy atom. The fraction of sp³-hybridized carbons (Fsp3) is 0.250. The SMILES string of the molecule is Cl.c1ccc(Oc2cccc([C@H]3CCCN3)c2)cc1. The number of hydrogen-bond donors (Lipinski definition) is 1. The molecule has 0 saturated carbocycles. The maximum atomic E-state index is 5.85. The molecule has 0 aromatic heterocycles. The van der Waals surface area contributed by atoms with Gasteiger partial charge in [0.15, 0.2) is 0 Å². The summed E-state index contributed by atoms with van der Waals surface area (Å²) in [5.41, 5.74) is 1.32. The average Bonchev–Trinajstić information content (AvgIpc) is 2.94. The molecule has 0 radical (unpaired) electrons. The lowest BCUT2D eigenvalue weighted by molar-refractivity contribution is 0.480. The fourth-order valence-corrected chi connectivity index (χ4v) is 2.39. The highest BCUT2D eigenvalue weighted by Crippen LogP contribution is 2.28. The van der Waals surface area contributed by atoms with Gasteiger partial charge in [0, 0.05) is 6.04 Å². The summed E-state index contributed by atoms with van der Waals surface area (Å²) in [6.45, 7) is 1.12. The highest BCUT2D eigenvalue weighted by molar-refractivity contribution is 5.85. The third-order valence-corrected chi connectivity index (χ3v) is 3.30. The molecule has 2 aromatic carbocycles. The molecule has 1 aliphatic rings. The zero-order valence-corrected chi connectivity index (χ0v) is 11.5. The molecule has 3 heteroatoms. The Morgan fingerprint density at radius 2 is 1.74 bits per heavy atom. The Morgan fingerprint density at radius 1 is 0.947 bits per heavy atom. The second-order valence-electron chi connectivity index (χ2n) is 4.64. The smallest absolute Gasteiger partial charge is 0.127 e. The topological polar surface area (TPSA) is 21.3 Å². The molecule has 1 heterocycles. The van der Waals surface area contributed by atoms with E-state index in [9.17, 15) is 0 Å². The van der Waals surface area contributed by atoms with Crippen molar-refractivity contribution in [1.29, 1.82) is 0 Å². The van der Waals surface area contributed by atoms with Gasteiger partial charge in [-0.05, 0) is 49.2 Å².